The lowest BCUT2D eigenvalue weighted by molar-refractivity contribution is -0.144. The van der Waals surface area contributed by atoms with Gasteiger partial charge in [-0.05, 0) is 57.4 Å². The van der Waals surface area contributed by atoms with Crippen LogP contribution in [0.3, 0.4) is 0 Å². The smallest absolute Gasteiger partial charge is 0.412 e. The molecular formula is C19H32N2O5. The van der Waals surface area contributed by atoms with Crippen LogP contribution in [0.2, 0.25) is 0 Å². The third kappa shape index (κ3) is 7.06. The maximum atomic E-state index is 12.8. The van der Waals surface area contributed by atoms with E-state index in [1.165, 1.54) is 0 Å². The number of carboxylic acids is 1. The molecule has 2 amide bonds. The van der Waals surface area contributed by atoms with Crippen molar-refractivity contribution in [3.05, 3.63) is 11.3 Å². The monoisotopic (exact) mass is 368 g/mol. The molecule has 0 saturated heterocycles. The normalized spacial score (nSPS) is 16.5. The Hall–Kier alpha value is -2.05. The Morgan fingerprint density at radius 3 is 1.96 bits per heavy atom. The first-order chi connectivity index (χ1) is 11.8. The van der Waals surface area contributed by atoms with E-state index in [4.69, 9.17) is 4.74 Å². The number of nitrogens with one attached hydrogen (secondary N) is 2. The summed E-state index contributed by atoms with van der Waals surface area (Å²) in [5.41, 5.74) is -0.416. The zero-order valence-electron chi connectivity index (χ0n) is 16.7. The second-order valence-electron chi connectivity index (χ2n) is 8.78. The Morgan fingerprint density at radius 1 is 1.00 bits per heavy atom. The molecule has 0 aromatic rings. The molecule has 0 heterocycles. The summed E-state index contributed by atoms with van der Waals surface area (Å²) in [7, 11) is 0. The van der Waals surface area contributed by atoms with E-state index in [2.05, 4.69) is 10.6 Å². The molecule has 1 atom stereocenters. The van der Waals surface area contributed by atoms with E-state index in [1.54, 1.807) is 41.5 Å². The number of amides is 2. The van der Waals surface area contributed by atoms with E-state index in [9.17, 15) is 19.5 Å². The van der Waals surface area contributed by atoms with Gasteiger partial charge in [-0.25, -0.2) is 9.59 Å². The fraction of sp³-hybridized carbons (Fsp3) is 0.737. The van der Waals surface area contributed by atoms with Crippen molar-refractivity contribution in [2.75, 3.05) is 0 Å². The minimum absolute atomic E-state index is 0.120. The third-order valence-corrected chi connectivity index (χ3v) is 4.05. The highest BCUT2D eigenvalue weighted by Crippen LogP contribution is 2.26. The highest BCUT2D eigenvalue weighted by molar-refractivity contribution is 5.99. The zero-order chi connectivity index (χ0) is 20.1. The number of hydrogen-bond donors (Lipinski definition) is 3. The predicted molar refractivity (Wildman–Crippen MR) is 98.5 cm³/mol. The van der Waals surface area contributed by atoms with E-state index < -0.39 is 35.0 Å². The molecule has 1 saturated carbocycles. The van der Waals surface area contributed by atoms with Crippen LogP contribution < -0.4 is 10.6 Å². The van der Waals surface area contributed by atoms with Crippen LogP contribution in [0.15, 0.2) is 11.3 Å². The first-order valence-corrected chi connectivity index (χ1v) is 9.07. The summed E-state index contributed by atoms with van der Waals surface area (Å²) < 4.78 is 5.25. The van der Waals surface area contributed by atoms with Crippen molar-refractivity contribution in [1.29, 1.82) is 0 Å². The van der Waals surface area contributed by atoms with Crippen LogP contribution in [0.4, 0.5) is 4.79 Å². The minimum atomic E-state index is -1.11. The third-order valence-electron chi connectivity index (χ3n) is 4.05. The van der Waals surface area contributed by atoms with Crippen LogP contribution in [0.5, 0.6) is 0 Å². The van der Waals surface area contributed by atoms with Crippen LogP contribution >= 0.6 is 0 Å². The van der Waals surface area contributed by atoms with Gasteiger partial charge >= 0.3 is 12.1 Å². The molecule has 0 bridgehead atoms. The Balaban J connectivity index is 3.06. The summed E-state index contributed by atoms with van der Waals surface area (Å²) in [5, 5.41) is 14.5. The fourth-order valence-electron chi connectivity index (χ4n) is 2.79. The first kappa shape index (κ1) is 22.0. The Morgan fingerprint density at radius 2 is 1.54 bits per heavy atom. The number of aliphatic carboxylic acids is 1. The van der Waals surface area contributed by atoms with Gasteiger partial charge in [0.05, 0.1) is 0 Å². The van der Waals surface area contributed by atoms with Gasteiger partial charge in [-0.1, -0.05) is 27.2 Å². The highest BCUT2D eigenvalue weighted by atomic mass is 16.6. The lowest BCUT2D eigenvalue weighted by atomic mass is 9.86. The summed E-state index contributed by atoms with van der Waals surface area (Å²) in [4.78, 5) is 36.5. The number of rotatable bonds is 4. The lowest BCUT2D eigenvalue weighted by Crippen LogP contribution is -2.51. The largest absolute Gasteiger partial charge is 0.480 e. The zero-order valence-corrected chi connectivity index (χ0v) is 16.7. The SMILES string of the molecule is CC(C)(C)OC(=O)NC(C(=O)N[C@H](C(=O)O)C(C)(C)C)=C1CCCCC1. The summed E-state index contributed by atoms with van der Waals surface area (Å²) in [6, 6.07) is -1.07. The van der Waals surface area contributed by atoms with Gasteiger partial charge in [-0.15, -0.1) is 0 Å². The van der Waals surface area contributed by atoms with E-state index in [1.807, 2.05) is 0 Å². The molecule has 26 heavy (non-hydrogen) atoms. The molecule has 1 rings (SSSR count). The van der Waals surface area contributed by atoms with Gasteiger partial charge in [-0.2, -0.15) is 0 Å². The van der Waals surface area contributed by atoms with Gasteiger partial charge in [0.1, 0.15) is 17.3 Å². The molecule has 3 N–H and O–H groups in total. The van der Waals surface area contributed by atoms with Gasteiger partial charge in [-0.3, -0.25) is 10.1 Å². The van der Waals surface area contributed by atoms with E-state index in [-0.39, 0.29) is 5.70 Å². The molecule has 1 aliphatic carbocycles. The number of allylic oxidation sites excluding steroid dienone is 1. The van der Waals surface area contributed by atoms with E-state index in [0.29, 0.717) is 12.8 Å². The molecule has 0 unspecified atom stereocenters. The van der Waals surface area contributed by atoms with Crippen LogP contribution in [-0.2, 0) is 14.3 Å². The Bertz CT molecular complexity index is 574. The second kappa shape index (κ2) is 8.56. The van der Waals surface area contributed by atoms with Gasteiger partial charge in [0.2, 0.25) is 0 Å². The van der Waals surface area contributed by atoms with Crippen molar-refractivity contribution < 1.29 is 24.2 Å². The van der Waals surface area contributed by atoms with Crippen LogP contribution in [0.25, 0.3) is 0 Å². The fourth-order valence-corrected chi connectivity index (χ4v) is 2.79. The quantitative estimate of drug-likeness (QED) is 0.660. The molecule has 0 aromatic heterocycles. The number of hydrogen-bond acceptors (Lipinski definition) is 4. The van der Waals surface area contributed by atoms with Crippen molar-refractivity contribution in [1.82, 2.24) is 10.6 Å². The molecule has 1 aliphatic rings. The van der Waals surface area contributed by atoms with Crippen molar-refractivity contribution in [3.8, 4) is 0 Å². The van der Waals surface area contributed by atoms with E-state index >= 15 is 0 Å². The summed E-state index contributed by atoms with van der Waals surface area (Å²) in [6.45, 7) is 10.4. The Kier molecular flexibility index (Phi) is 7.24. The molecule has 1 fully saturated rings. The standard InChI is InChI=1S/C19H32N2O5/c1-18(2,3)14(16(23)24)21-15(22)13(12-10-8-7-9-11-12)20-17(25)26-19(4,5)6/h14H,7-11H2,1-6H3,(H,20,25)(H,21,22)(H,23,24)/t14-/m1/s1. The lowest BCUT2D eigenvalue weighted by Gasteiger charge is -2.29. The number of ether oxygens (including phenoxy) is 1. The van der Waals surface area contributed by atoms with Gasteiger partial charge in [0, 0.05) is 0 Å². The first-order valence-electron chi connectivity index (χ1n) is 9.07. The number of carbonyl (C=O) groups is 3. The topological polar surface area (TPSA) is 105 Å². The molecule has 148 valence electrons. The molecule has 7 nitrogen and oxygen atoms in total. The summed E-state index contributed by atoms with van der Waals surface area (Å²) in [6.07, 6.45) is 3.62. The van der Waals surface area contributed by atoms with Crippen LogP contribution in [0.1, 0.15) is 73.6 Å². The minimum Gasteiger partial charge on any atom is -0.480 e. The van der Waals surface area contributed by atoms with Gasteiger partial charge < -0.3 is 15.2 Å². The molecule has 0 aliphatic heterocycles. The average Bonchev–Trinajstić information content (AvgIpc) is 2.47. The van der Waals surface area contributed by atoms with Crippen molar-refractivity contribution >= 4 is 18.0 Å². The average molecular weight is 368 g/mol. The number of carboxylic acid groups (broad SMARTS) is 1. The van der Waals surface area contributed by atoms with Crippen molar-refractivity contribution in [2.24, 2.45) is 5.41 Å². The number of carbonyl (C=O) groups excluding carboxylic acids is 2. The van der Waals surface area contributed by atoms with Crippen LogP contribution in [-0.4, -0.2) is 34.7 Å². The van der Waals surface area contributed by atoms with Crippen molar-refractivity contribution in [3.63, 3.8) is 0 Å². The molecule has 0 spiro atoms. The second-order valence-corrected chi connectivity index (χ2v) is 8.78. The maximum absolute atomic E-state index is 12.8. The maximum Gasteiger partial charge on any atom is 0.412 e. The summed E-state index contributed by atoms with van der Waals surface area (Å²) in [5.74, 6) is -1.70. The molecule has 0 radical (unpaired) electrons. The highest BCUT2D eigenvalue weighted by Gasteiger charge is 2.34. The van der Waals surface area contributed by atoms with Gasteiger partial charge in [0.15, 0.2) is 0 Å². The van der Waals surface area contributed by atoms with Crippen LogP contribution in [0, 0.1) is 5.41 Å². The van der Waals surface area contributed by atoms with Gasteiger partial charge in [0.25, 0.3) is 5.91 Å². The molecule has 7 heteroatoms. The summed E-state index contributed by atoms with van der Waals surface area (Å²) >= 11 is 0. The van der Waals surface area contributed by atoms with Crippen molar-refractivity contribution in [2.45, 2.75) is 85.3 Å². The van der Waals surface area contributed by atoms with E-state index in [0.717, 1.165) is 24.8 Å². The molecular weight excluding hydrogens is 336 g/mol. The Labute approximate surface area is 155 Å². The number of alkyl carbamates (subject to hydrolysis) is 1. The predicted octanol–water partition coefficient (Wildman–Crippen LogP) is 3.34. The molecule has 0 aromatic carbocycles.